The lowest BCUT2D eigenvalue weighted by Gasteiger charge is -2.03. The van der Waals surface area contributed by atoms with Crippen molar-refractivity contribution in [3.05, 3.63) is 78.4 Å². The zero-order valence-corrected chi connectivity index (χ0v) is 14.8. The molecular weight excluding hydrogens is 332 g/mol. The third-order valence-corrected chi connectivity index (χ3v) is 5.37. The molecule has 3 nitrogen and oxygen atoms in total. The molecule has 0 saturated carbocycles. The highest BCUT2D eigenvalue weighted by molar-refractivity contribution is 6.12. The highest BCUT2D eigenvalue weighted by Crippen LogP contribution is 2.35. The van der Waals surface area contributed by atoms with Crippen LogP contribution in [0, 0.1) is 6.92 Å². The molecule has 3 aromatic heterocycles. The maximum atomic E-state index is 5.92. The number of nitrogens with one attached hydrogen (secondary N) is 1. The summed E-state index contributed by atoms with van der Waals surface area (Å²) >= 11 is 0. The van der Waals surface area contributed by atoms with Crippen molar-refractivity contribution in [3.8, 4) is 11.3 Å². The third kappa shape index (κ3) is 1.99. The normalized spacial score (nSPS) is 11.9. The second-order valence-electron chi connectivity index (χ2n) is 6.99. The first-order chi connectivity index (χ1) is 13.3. The number of benzene rings is 3. The highest BCUT2D eigenvalue weighted by Gasteiger charge is 2.14. The third-order valence-electron chi connectivity index (χ3n) is 5.37. The molecule has 0 saturated heterocycles. The molecule has 0 radical (unpaired) electrons. The van der Waals surface area contributed by atoms with Crippen LogP contribution in [0.5, 0.6) is 0 Å². The summed E-state index contributed by atoms with van der Waals surface area (Å²) < 4.78 is 5.92. The van der Waals surface area contributed by atoms with Gasteiger partial charge in [-0.3, -0.25) is 0 Å². The lowest BCUT2D eigenvalue weighted by Crippen LogP contribution is -1.85. The van der Waals surface area contributed by atoms with Gasteiger partial charge >= 0.3 is 0 Å². The van der Waals surface area contributed by atoms with Crippen LogP contribution in [0.25, 0.3) is 55.1 Å². The monoisotopic (exact) mass is 348 g/mol. The maximum absolute atomic E-state index is 5.92. The summed E-state index contributed by atoms with van der Waals surface area (Å²) in [6, 6.07) is 24.9. The fourth-order valence-electron chi connectivity index (χ4n) is 4.05. The van der Waals surface area contributed by atoms with Gasteiger partial charge in [0, 0.05) is 27.2 Å². The van der Waals surface area contributed by atoms with Gasteiger partial charge in [0.1, 0.15) is 11.1 Å². The minimum atomic E-state index is 0.819. The number of hydrogen-bond donors (Lipinski definition) is 1. The van der Waals surface area contributed by atoms with E-state index in [2.05, 4.69) is 54.4 Å². The van der Waals surface area contributed by atoms with Gasteiger partial charge in [-0.15, -0.1) is 0 Å². The van der Waals surface area contributed by atoms with E-state index >= 15 is 0 Å². The molecule has 6 rings (SSSR count). The number of furan rings is 1. The van der Waals surface area contributed by atoms with E-state index in [1.54, 1.807) is 0 Å². The van der Waals surface area contributed by atoms with E-state index < -0.39 is 0 Å². The number of pyridine rings is 1. The molecule has 0 spiro atoms. The second kappa shape index (κ2) is 5.21. The zero-order chi connectivity index (χ0) is 18.0. The Labute approximate surface area is 155 Å². The average molecular weight is 348 g/mol. The van der Waals surface area contributed by atoms with E-state index in [-0.39, 0.29) is 0 Å². The van der Waals surface area contributed by atoms with Gasteiger partial charge in [-0.05, 0) is 36.8 Å². The van der Waals surface area contributed by atoms with Crippen LogP contribution in [0.1, 0.15) is 5.56 Å². The molecule has 3 heteroatoms. The Balaban J connectivity index is 1.68. The van der Waals surface area contributed by atoms with E-state index in [0.717, 1.165) is 38.8 Å². The van der Waals surface area contributed by atoms with Crippen LogP contribution in [-0.4, -0.2) is 9.97 Å². The molecule has 0 aliphatic rings. The van der Waals surface area contributed by atoms with E-state index in [1.807, 2.05) is 30.3 Å². The minimum absolute atomic E-state index is 0.819. The standard InChI is InChI=1S/C24H16N2O/c1-14-6-4-8-15-16-9-5-10-17(23(16)26-22(14)15)19-12-13-21-24(25-19)18-7-2-3-11-20(18)27-21/h2-13,26H,1H3. The summed E-state index contributed by atoms with van der Waals surface area (Å²) in [5.41, 5.74) is 8.22. The molecule has 0 fully saturated rings. The molecule has 0 atom stereocenters. The predicted molar refractivity (Wildman–Crippen MR) is 111 cm³/mol. The van der Waals surface area contributed by atoms with Gasteiger partial charge in [-0.25, -0.2) is 4.98 Å². The number of H-pyrrole nitrogens is 1. The van der Waals surface area contributed by atoms with Gasteiger partial charge in [-0.1, -0.05) is 48.5 Å². The maximum Gasteiger partial charge on any atom is 0.153 e. The zero-order valence-electron chi connectivity index (χ0n) is 14.8. The quantitative estimate of drug-likeness (QED) is 0.364. The number of hydrogen-bond acceptors (Lipinski definition) is 2. The Kier molecular flexibility index (Phi) is 2.81. The summed E-state index contributed by atoms with van der Waals surface area (Å²) in [4.78, 5) is 8.59. The molecule has 0 aliphatic heterocycles. The summed E-state index contributed by atoms with van der Waals surface area (Å²) in [5, 5.41) is 3.53. The van der Waals surface area contributed by atoms with Crippen molar-refractivity contribution in [2.24, 2.45) is 0 Å². The topological polar surface area (TPSA) is 41.8 Å². The summed E-state index contributed by atoms with van der Waals surface area (Å²) in [6.45, 7) is 2.14. The Morgan fingerprint density at radius 3 is 2.41 bits per heavy atom. The molecule has 3 heterocycles. The number of aromatic amines is 1. The molecule has 0 unspecified atom stereocenters. The van der Waals surface area contributed by atoms with E-state index in [1.165, 1.54) is 21.9 Å². The molecule has 1 N–H and O–H groups in total. The van der Waals surface area contributed by atoms with Crippen molar-refractivity contribution in [2.45, 2.75) is 6.92 Å². The minimum Gasteiger partial charge on any atom is -0.454 e. The van der Waals surface area contributed by atoms with Crippen molar-refractivity contribution < 1.29 is 4.42 Å². The number of para-hydroxylation sites is 3. The first-order valence-corrected chi connectivity index (χ1v) is 9.08. The van der Waals surface area contributed by atoms with E-state index in [9.17, 15) is 0 Å². The van der Waals surface area contributed by atoms with Crippen LogP contribution in [0.3, 0.4) is 0 Å². The van der Waals surface area contributed by atoms with Crippen LogP contribution in [0.15, 0.2) is 77.2 Å². The smallest absolute Gasteiger partial charge is 0.153 e. The molecule has 0 amide bonds. The molecule has 6 aromatic rings. The number of aromatic nitrogens is 2. The van der Waals surface area contributed by atoms with Crippen molar-refractivity contribution >= 4 is 43.9 Å². The summed E-state index contributed by atoms with van der Waals surface area (Å²) in [5.74, 6) is 0. The number of nitrogens with zero attached hydrogens (tertiary/aromatic N) is 1. The van der Waals surface area contributed by atoms with Crippen LogP contribution in [-0.2, 0) is 0 Å². The lowest BCUT2D eigenvalue weighted by atomic mass is 10.0. The molecule has 27 heavy (non-hydrogen) atoms. The summed E-state index contributed by atoms with van der Waals surface area (Å²) in [7, 11) is 0. The molecule has 3 aromatic carbocycles. The first kappa shape index (κ1) is 14.6. The SMILES string of the molecule is Cc1cccc2c1[nH]c1c(-c3ccc4oc5ccccc5c4n3)cccc12. The summed E-state index contributed by atoms with van der Waals surface area (Å²) in [6.07, 6.45) is 0. The van der Waals surface area contributed by atoms with Crippen LogP contribution in [0.2, 0.25) is 0 Å². The van der Waals surface area contributed by atoms with Gasteiger partial charge in [-0.2, -0.15) is 0 Å². The Morgan fingerprint density at radius 1 is 0.704 bits per heavy atom. The Morgan fingerprint density at radius 2 is 1.48 bits per heavy atom. The van der Waals surface area contributed by atoms with Crippen LogP contribution >= 0.6 is 0 Å². The van der Waals surface area contributed by atoms with E-state index in [4.69, 9.17) is 9.40 Å². The number of fused-ring (bicyclic) bond motifs is 6. The molecule has 128 valence electrons. The highest BCUT2D eigenvalue weighted by atomic mass is 16.3. The molecule has 0 bridgehead atoms. The number of rotatable bonds is 1. The lowest BCUT2D eigenvalue weighted by molar-refractivity contribution is 0.668. The van der Waals surface area contributed by atoms with Gasteiger partial charge in [0.15, 0.2) is 5.58 Å². The average Bonchev–Trinajstić information content (AvgIpc) is 3.27. The van der Waals surface area contributed by atoms with Gasteiger partial charge in [0.25, 0.3) is 0 Å². The first-order valence-electron chi connectivity index (χ1n) is 9.08. The van der Waals surface area contributed by atoms with Gasteiger partial charge in [0.05, 0.1) is 11.2 Å². The Hall–Kier alpha value is -3.59. The largest absolute Gasteiger partial charge is 0.454 e. The Bertz CT molecular complexity index is 1490. The molecular formula is C24H16N2O. The van der Waals surface area contributed by atoms with Gasteiger partial charge < -0.3 is 9.40 Å². The second-order valence-corrected chi connectivity index (χ2v) is 6.99. The predicted octanol–water partition coefficient (Wildman–Crippen LogP) is 6.59. The van der Waals surface area contributed by atoms with Crippen LogP contribution < -0.4 is 0 Å². The van der Waals surface area contributed by atoms with Gasteiger partial charge in [0.2, 0.25) is 0 Å². The fraction of sp³-hybridized carbons (Fsp3) is 0.0417. The van der Waals surface area contributed by atoms with E-state index in [0.29, 0.717) is 0 Å². The van der Waals surface area contributed by atoms with Crippen molar-refractivity contribution in [3.63, 3.8) is 0 Å². The fourth-order valence-corrected chi connectivity index (χ4v) is 4.05. The molecule has 0 aliphatic carbocycles. The number of aryl methyl sites for hydroxylation is 1. The van der Waals surface area contributed by atoms with Crippen molar-refractivity contribution in [2.75, 3.05) is 0 Å². The van der Waals surface area contributed by atoms with Crippen LogP contribution in [0.4, 0.5) is 0 Å². The van der Waals surface area contributed by atoms with Crippen molar-refractivity contribution in [1.29, 1.82) is 0 Å². The van der Waals surface area contributed by atoms with Crippen molar-refractivity contribution in [1.82, 2.24) is 9.97 Å².